The molecular weight excluding hydrogens is 240 g/mol. The third kappa shape index (κ3) is 3.25. The molecule has 0 saturated heterocycles. The minimum Gasteiger partial charge on any atom is -0.504 e. The second-order valence-corrected chi connectivity index (χ2v) is 4.12. The van der Waals surface area contributed by atoms with E-state index in [1.807, 2.05) is 37.3 Å². The molecule has 2 aromatic carbocycles. The van der Waals surface area contributed by atoms with Gasteiger partial charge in [-0.15, -0.1) is 0 Å². The number of methoxy groups -OCH3 is 1. The molecule has 0 radical (unpaired) electrons. The topological polar surface area (TPSA) is 53.8 Å². The Labute approximate surface area is 112 Å². The molecule has 4 nitrogen and oxygen atoms in total. The minimum absolute atomic E-state index is 0.0994. The predicted octanol–water partition coefficient (Wildman–Crippen LogP) is 3.16. The maximum atomic E-state index is 9.64. The molecular formula is C15H16N2O2. The van der Waals surface area contributed by atoms with Crippen molar-refractivity contribution >= 4 is 11.9 Å². The highest BCUT2D eigenvalue weighted by Gasteiger charge is 2.00. The lowest BCUT2D eigenvalue weighted by Gasteiger charge is -2.04. The van der Waals surface area contributed by atoms with E-state index in [4.69, 9.17) is 4.74 Å². The smallest absolute Gasteiger partial charge is 0.160 e. The van der Waals surface area contributed by atoms with Crippen LogP contribution in [-0.4, -0.2) is 18.4 Å². The number of aryl methyl sites for hydroxylation is 1. The van der Waals surface area contributed by atoms with Gasteiger partial charge in [-0.2, -0.15) is 5.10 Å². The minimum atomic E-state index is 0.0994. The van der Waals surface area contributed by atoms with Crippen LogP contribution in [0.5, 0.6) is 11.5 Å². The fraction of sp³-hybridized carbons (Fsp3) is 0.133. The Morgan fingerprint density at radius 1 is 1.21 bits per heavy atom. The fourth-order valence-corrected chi connectivity index (χ4v) is 1.66. The molecule has 0 fully saturated rings. The van der Waals surface area contributed by atoms with Crippen molar-refractivity contribution in [3.63, 3.8) is 0 Å². The van der Waals surface area contributed by atoms with Gasteiger partial charge < -0.3 is 9.84 Å². The van der Waals surface area contributed by atoms with Crippen LogP contribution in [0.4, 0.5) is 5.69 Å². The number of rotatable bonds is 4. The number of nitrogens with zero attached hydrogens (tertiary/aromatic N) is 1. The maximum absolute atomic E-state index is 9.64. The van der Waals surface area contributed by atoms with Crippen LogP contribution in [0.2, 0.25) is 0 Å². The van der Waals surface area contributed by atoms with Gasteiger partial charge in [0.15, 0.2) is 11.5 Å². The Hall–Kier alpha value is -2.49. The highest BCUT2D eigenvalue weighted by molar-refractivity contribution is 5.81. The van der Waals surface area contributed by atoms with Crippen LogP contribution in [0.3, 0.4) is 0 Å². The van der Waals surface area contributed by atoms with E-state index in [0.717, 1.165) is 16.8 Å². The Balaban J connectivity index is 2.07. The summed E-state index contributed by atoms with van der Waals surface area (Å²) in [5.41, 5.74) is 5.83. The zero-order valence-electron chi connectivity index (χ0n) is 10.9. The number of phenolic OH excluding ortho intramolecular Hbond substituents is 1. The first-order valence-electron chi connectivity index (χ1n) is 5.92. The third-order valence-electron chi connectivity index (χ3n) is 2.75. The van der Waals surface area contributed by atoms with Gasteiger partial charge in [-0.05, 0) is 42.3 Å². The van der Waals surface area contributed by atoms with Crippen LogP contribution in [0.25, 0.3) is 0 Å². The summed E-state index contributed by atoms with van der Waals surface area (Å²) in [4.78, 5) is 0. The molecule has 0 aliphatic carbocycles. The van der Waals surface area contributed by atoms with Gasteiger partial charge in [0.05, 0.1) is 19.0 Å². The average molecular weight is 256 g/mol. The van der Waals surface area contributed by atoms with Crippen LogP contribution >= 0.6 is 0 Å². The van der Waals surface area contributed by atoms with E-state index < -0.39 is 0 Å². The summed E-state index contributed by atoms with van der Waals surface area (Å²) in [6.45, 7) is 2.01. The van der Waals surface area contributed by atoms with E-state index in [1.165, 1.54) is 7.11 Å². The Kier molecular flexibility index (Phi) is 4.03. The van der Waals surface area contributed by atoms with E-state index >= 15 is 0 Å². The number of aromatic hydroxyl groups is 1. The zero-order valence-corrected chi connectivity index (χ0v) is 10.9. The molecule has 0 aromatic heterocycles. The first kappa shape index (κ1) is 13.0. The second-order valence-electron chi connectivity index (χ2n) is 4.12. The van der Waals surface area contributed by atoms with Crippen LogP contribution in [0.15, 0.2) is 47.6 Å². The summed E-state index contributed by atoms with van der Waals surface area (Å²) in [7, 11) is 1.52. The molecule has 0 bridgehead atoms. The number of ether oxygens (including phenoxy) is 1. The molecule has 0 aliphatic rings. The van der Waals surface area contributed by atoms with Crippen molar-refractivity contribution in [2.75, 3.05) is 12.5 Å². The van der Waals surface area contributed by atoms with Gasteiger partial charge in [-0.25, -0.2) is 0 Å². The highest BCUT2D eigenvalue weighted by Crippen LogP contribution is 2.25. The lowest BCUT2D eigenvalue weighted by molar-refractivity contribution is 0.373. The standard InChI is InChI=1S/C15H16N2O2/c1-11-5-3-4-6-13(11)17-16-10-12-7-8-15(19-2)14(18)9-12/h3-10,17-18H,1-2H3/b16-10-. The molecule has 0 aliphatic heterocycles. The zero-order chi connectivity index (χ0) is 13.7. The molecule has 2 rings (SSSR count). The quantitative estimate of drug-likeness (QED) is 0.652. The molecule has 0 amide bonds. The number of phenols is 1. The molecule has 0 heterocycles. The third-order valence-corrected chi connectivity index (χ3v) is 2.75. The first-order chi connectivity index (χ1) is 9.20. The van der Waals surface area contributed by atoms with Gasteiger partial charge >= 0.3 is 0 Å². The number of hydrogen-bond acceptors (Lipinski definition) is 4. The Morgan fingerprint density at radius 2 is 2.00 bits per heavy atom. The molecule has 0 atom stereocenters. The van der Waals surface area contributed by atoms with Gasteiger partial charge in [-0.3, -0.25) is 5.43 Å². The summed E-state index contributed by atoms with van der Waals surface area (Å²) in [6.07, 6.45) is 1.64. The number of hydrazone groups is 1. The summed E-state index contributed by atoms with van der Waals surface area (Å²) >= 11 is 0. The second kappa shape index (κ2) is 5.91. The van der Waals surface area contributed by atoms with Crippen LogP contribution in [0.1, 0.15) is 11.1 Å². The Bertz CT molecular complexity index is 594. The van der Waals surface area contributed by atoms with Gasteiger partial charge in [0.25, 0.3) is 0 Å². The summed E-state index contributed by atoms with van der Waals surface area (Å²) in [6, 6.07) is 13.0. The number of hydrogen-bond donors (Lipinski definition) is 2. The highest BCUT2D eigenvalue weighted by atomic mass is 16.5. The molecule has 98 valence electrons. The van der Waals surface area contributed by atoms with Gasteiger partial charge in [0.1, 0.15) is 0 Å². The maximum Gasteiger partial charge on any atom is 0.160 e. The van der Waals surface area contributed by atoms with Gasteiger partial charge in [0.2, 0.25) is 0 Å². The molecule has 2 aromatic rings. The molecule has 2 N–H and O–H groups in total. The average Bonchev–Trinajstić information content (AvgIpc) is 2.41. The van der Waals surface area contributed by atoms with Crippen molar-refractivity contribution in [3.8, 4) is 11.5 Å². The normalized spacial score (nSPS) is 10.6. The van der Waals surface area contributed by atoms with Crippen LogP contribution < -0.4 is 10.2 Å². The van der Waals surface area contributed by atoms with Crippen LogP contribution in [-0.2, 0) is 0 Å². The van der Waals surface area contributed by atoms with Gasteiger partial charge in [-0.1, -0.05) is 18.2 Å². The number of anilines is 1. The first-order valence-corrected chi connectivity index (χ1v) is 5.92. The van der Waals surface area contributed by atoms with E-state index in [1.54, 1.807) is 18.3 Å². The molecule has 4 heteroatoms. The fourth-order valence-electron chi connectivity index (χ4n) is 1.66. The number of nitrogens with one attached hydrogen (secondary N) is 1. The van der Waals surface area contributed by atoms with Crippen molar-refractivity contribution in [1.82, 2.24) is 0 Å². The van der Waals surface area contributed by atoms with E-state index in [2.05, 4.69) is 10.5 Å². The lowest BCUT2D eigenvalue weighted by atomic mass is 10.2. The van der Waals surface area contributed by atoms with Crippen molar-refractivity contribution in [1.29, 1.82) is 0 Å². The molecule has 0 spiro atoms. The predicted molar refractivity (Wildman–Crippen MR) is 77.1 cm³/mol. The Morgan fingerprint density at radius 3 is 2.68 bits per heavy atom. The summed E-state index contributed by atoms with van der Waals surface area (Å²) in [5.74, 6) is 0.548. The van der Waals surface area contributed by atoms with Crippen molar-refractivity contribution in [2.24, 2.45) is 5.10 Å². The van der Waals surface area contributed by atoms with E-state index in [0.29, 0.717) is 5.75 Å². The van der Waals surface area contributed by atoms with E-state index in [-0.39, 0.29) is 5.75 Å². The largest absolute Gasteiger partial charge is 0.504 e. The van der Waals surface area contributed by atoms with Crippen molar-refractivity contribution in [3.05, 3.63) is 53.6 Å². The number of para-hydroxylation sites is 1. The van der Waals surface area contributed by atoms with E-state index in [9.17, 15) is 5.11 Å². The monoisotopic (exact) mass is 256 g/mol. The summed E-state index contributed by atoms with van der Waals surface area (Å²) in [5, 5.41) is 13.8. The van der Waals surface area contributed by atoms with Crippen LogP contribution in [0, 0.1) is 6.92 Å². The van der Waals surface area contributed by atoms with Gasteiger partial charge in [0, 0.05) is 0 Å². The molecule has 0 unspecified atom stereocenters. The molecule has 0 saturated carbocycles. The summed E-state index contributed by atoms with van der Waals surface area (Å²) < 4.78 is 4.98. The van der Waals surface area contributed by atoms with Crippen molar-refractivity contribution in [2.45, 2.75) is 6.92 Å². The SMILES string of the molecule is COc1ccc(/C=N\Nc2ccccc2C)cc1O. The molecule has 19 heavy (non-hydrogen) atoms. The number of benzene rings is 2. The van der Waals surface area contributed by atoms with Crippen molar-refractivity contribution < 1.29 is 9.84 Å². The lowest BCUT2D eigenvalue weighted by Crippen LogP contribution is -1.93.